The van der Waals surface area contributed by atoms with Crippen LogP contribution in [0.1, 0.15) is 20.8 Å². The van der Waals surface area contributed by atoms with E-state index in [1.807, 2.05) is 17.9 Å². The highest BCUT2D eigenvalue weighted by atomic mass is 32.1. The molecule has 74 valence electrons. The quantitative estimate of drug-likeness (QED) is 0.682. The summed E-state index contributed by atoms with van der Waals surface area (Å²) in [4.78, 5) is 8.69. The topological polar surface area (TPSA) is 25.2 Å². The van der Waals surface area contributed by atoms with Crippen molar-refractivity contribution in [3.63, 3.8) is 0 Å². The molecule has 0 radical (unpaired) electrons. The maximum atomic E-state index is 4.35. The van der Waals surface area contributed by atoms with Crippen molar-refractivity contribution in [1.82, 2.24) is 4.98 Å². The third kappa shape index (κ3) is 1.52. The molecule has 1 atom stereocenters. The van der Waals surface area contributed by atoms with Crippen LogP contribution in [0, 0.1) is 11.3 Å². The molecular formula is C11H14N2S. The van der Waals surface area contributed by atoms with Gasteiger partial charge < -0.3 is 0 Å². The first-order chi connectivity index (χ1) is 6.62. The van der Waals surface area contributed by atoms with Crippen LogP contribution in [0.25, 0.3) is 12.3 Å². The number of hydrogen-bond acceptors (Lipinski definition) is 3. The number of thiazole rings is 1. The van der Waals surface area contributed by atoms with Crippen LogP contribution in [0.3, 0.4) is 0 Å². The number of hydrogen-bond donors (Lipinski definition) is 0. The van der Waals surface area contributed by atoms with Gasteiger partial charge >= 0.3 is 0 Å². The van der Waals surface area contributed by atoms with Crippen LogP contribution >= 0.6 is 11.3 Å². The summed E-state index contributed by atoms with van der Waals surface area (Å²) in [5.74, 6) is 0.535. The van der Waals surface area contributed by atoms with E-state index in [2.05, 4.69) is 36.8 Å². The molecule has 1 unspecified atom stereocenters. The second-order valence-corrected chi connectivity index (χ2v) is 5.06. The highest BCUT2D eigenvalue weighted by Gasteiger charge is 2.24. The first-order valence-electron chi connectivity index (χ1n) is 4.79. The van der Waals surface area contributed by atoms with Crippen LogP contribution in [0.5, 0.6) is 0 Å². The summed E-state index contributed by atoms with van der Waals surface area (Å²) in [6.45, 7) is 6.61. The number of aromatic nitrogens is 1. The SMILES string of the molecule is CC(C)C1(C)C=NC=c2scnc2=C1. The van der Waals surface area contributed by atoms with E-state index in [4.69, 9.17) is 0 Å². The molecule has 0 amide bonds. The van der Waals surface area contributed by atoms with Gasteiger partial charge in [-0.3, -0.25) is 4.99 Å². The van der Waals surface area contributed by atoms with Gasteiger partial charge in [-0.15, -0.1) is 11.3 Å². The van der Waals surface area contributed by atoms with Gasteiger partial charge in [-0.2, -0.15) is 0 Å². The molecule has 2 rings (SSSR count). The lowest BCUT2D eigenvalue weighted by Gasteiger charge is -2.24. The molecule has 1 aliphatic rings. The molecular weight excluding hydrogens is 192 g/mol. The van der Waals surface area contributed by atoms with Crippen LogP contribution in [0.15, 0.2) is 10.5 Å². The largest absolute Gasteiger partial charge is 0.267 e. The summed E-state index contributed by atoms with van der Waals surface area (Å²) in [7, 11) is 0. The summed E-state index contributed by atoms with van der Waals surface area (Å²) in [5, 5.41) is 1.07. The minimum Gasteiger partial charge on any atom is -0.267 e. The molecule has 0 aliphatic carbocycles. The first kappa shape index (κ1) is 9.59. The van der Waals surface area contributed by atoms with Gasteiger partial charge in [0, 0.05) is 17.8 Å². The molecule has 0 fully saturated rings. The standard InChI is InChI=1S/C11H14N2S/c1-8(2)11(3)4-9-10(5-12-6-11)14-7-13-9/h4-8H,1-3H3. The Morgan fingerprint density at radius 1 is 1.43 bits per heavy atom. The Hall–Kier alpha value is -0.960. The van der Waals surface area contributed by atoms with Gasteiger partial charge in [-0.05, 0) is 12.0 Å². The smallest absolute Gasteiger partial charge is 0.0805 e. The van der Waals surface area contributed by atoms with E-state index in [9.17, 15) is 0 Å². The third-order valence-electron chi connectivity index (χ3n) is 2.86. The van der Waals surface area contributed by atoms with Crippen LogP contribution in [-0.2, 0) is 0 Å². The van der Waals surface area contributed by atoms with Crippen molar-refractivity contribution in [2.45, 2.75) is 20.8 Å². The normalized spacial score (nSPS) is 25.1. The highest BCUT2D eigenvalue weighted by Crippen LogP contribution is 2.26. The number of rotatable bonds is 1. The molecule has 0 spiro atoms. The Kier molecular flexibility index (Phi) is 2.27. The number of nitrogens with zero attached hydrogens (tertiary/aromatic N) is 2. The third-order valence-corrected chi connectivity index (χ3v) is 3.64. The van der Waals surface area contributed by atoms with E-state index in [1.165, 1.54) is 0 Å². The lowest BCUT2D eigenvalue weighted by molar-refractivity contribution is 0.449. The minimum absolute atomic E-state index is 0.0236. The van der Waals surface area contributed by atoms with Crippen molar-refractivity contribution in [2.75, 3.05) is 0 Å². The van der Waals surface area contributed by atoms with Gasteiger partial charge in [-0.1, -0.05) is 20.8 Å². The summed E-state index contributed by atoms with van der Waals surface area (Å²) in [6, 6.07) is 0. The molecule has 14 heavy (non-hydrogen) atoms. The Bertz CT molecular complexity index is 470. The first-order valence-corrected chi connectivity index (χ1v) is 5.67. The van der Waals surface area contributed by atoms with Crippen LogP contribution in [0.4, 0.5) is 0 Å². The van der Waals surface area contributed by atoms with Gasteiger partial charge in [0.15, 0.2) is 0 Å². The fraction of sp³-hybridized carbons (Fsp3) is 0.455. The average Bonchev–Trinajstić information content (AvgIpc) is 2.46. The predicted octanol–water partition coefficient (Wildman–Crippen LogP) is 1.41. The summed E-state index contributed by atoms with van der Waals surface area (Å²) in [5.41, 5.74) is 1.90. The molecule has 0 bridgehead atoms. The zero-order valence-electron chi connectivity index (χ0n) is 8.69. The Morgan fingerprint density at radius 2 is 2.21 bits per heavy atom. The Morgan fingerprint density at radius 3 is 2.93 bits per heavy atom. The zero-order chi connectivity index (χ0) is 10.2. The van der Waals surface area contributed by atoms with E-state index in [1.54, 1.807) is 11.3 Å². The predicted molar refractivity (Wildman–Crippen MR) is 61.7 cm³/mol. The number of fused-ring (bicyclic) bond motifs is 1. The molecule has 0 saturated heterocycles. The zero-order valence-corrected chi connectivity index (χ0v) is 9.51. The van der Waals surface area contributed by atoms with E-state index in [-0.39, 0.29) is 5.41 Å². The molecule has 1 aromatic rings. The molecule has 1 aliphatic heterocycles. The second-order valence-electron chi connectivity index (χ2n) is 4.17. The number of aliphatic imine (C=N–C) groups is 1. The Balaban J connectivity index is 2.64. The molecule has 1 aromatic heterocycles. The summed E-state index contributed by atoms with van der Waals surface area (Å²) < 4.78 is 1.16. The van der Waals surface area contributed by atoms with Crippen molar-refractivity contribution in [2.24, 2.45) is 16.3 Å². The van der Waals surface area contributed by atoms with Gasteiger partial charge in [0.1, 0.15) is 0 Å². The van der Waals surface area contributed by atoms with Crippen molar-refractivity contribution >= 4 is 29.8 Å². The van der Waals surface area contributed by atoms with E-state index < -0.39 is 0 Å². The van der Waals surface area contributed by atoms with Crippen LogP contribution < -0.4 is 9.88 Å². The monoisotopic (exact) mass is 206 g/mol. The molecule has 3 heteroatoms. The maximum Gasteiger partial charge on any atom is 0.0805 e. The molecule has 0 aromatic carbocycles. The maximum absolute atomic E-state index is 4.35. The second kappa shape index (κ2) is 3.31. The van der Waals surface area contributed by atoms with Gasteiger partial charge in [0.2, 0.25) is 0 Å². The van der Waals surface area contributed by atoms with E-state index >= 15 is 0 Å². The van der Waals surface area contributed by atoms with Gasteiger partial charge in [-0.25, -0.2) is 4.98 Å². The fourth-order valence-corrected chi connectivity index (χ4v) is 2.02. The van der Waals surface area contributed by atoms with Gasteiger partial charge in [0.25, 0.3) is 0 Å². The molecule has 2 nitrogen and oxygen atoms in total. The Labute approximate surface area is 87.7 Å². The lowest BCUT2D eigenvalue weighted by Crippen LogP contribution is -2.28. The van der Waals surface area contributed by atoms with Crippen molar-refractivity contribution in [3.05, 3.63) is 15.4 Å². The van der Waals surface area contributed by atoms with Crippen molar-refractivity contribution in [3.8, 4) is 0 Å². The van der Waals surface area contributed by atoms with Crippen LogP contribution in [-0.4, -0.2) is 11.2 Å². The van der Waals surface area contributed by atoms with Crippen molar-refractivity contribution in [1.29, 1.82) is 0 Å². The van der Waals surface area contributed by atoms with E-state index in [0.29, 0.717) is 5.92 Å². The highest BCUT2D eigenvalue weighted by molar-refractivity contribution is 7.07. The van der Waals surface area contributed by atoms with Crippen molar-refractivity contribution < 1.29 is 0 Å². The fourth-order valence-electron chi connectivity index (χ4n) is 1.38. The average molecular weight is 206 g/mol. The summed E-state index contributed by atoms with van der Waals surface area (Å²) >= 11 is 1.64. The lowest BCUT2D eigenvalue weighted by atomic mass is 9.80. The summed E-state index contributed by atoms with van der Waals surface area (Å²) in [6.07, 6.45) is 6.14. The van der Waals surface area contributed by atoms with Crippen LogP contribution in [0.2, 0.25) is 0 Å². The molecule has 0 saturated carbocycles. The minimum atomic E-state index is 0.0236. The van der Waals surface area contributed by atoms with Gasteiger partial charge in [0.05, 0.1) is 15.4 Å². The van der Waals surface area contributed by atoms with E-state index in [0.717, 1.165) is 9.88 Å². The molecule has 0 N–H and O–H groups in total. The molecule has 2 heterocycles.